The van der Waals surface area contributed by atoms with E-state index in [0.29, 0.717) is 15.8 Å². The molecule has 0 amide bonds. The number of halogens is 2. The molecule has 0 spiro atoms. The minimum Gasteiger partial charge on any atom is -0.423 e. The normalized spacial score (nSPS) is 12.6. The molecule has 0 saturated carbocycles. The first-order chi connectivity index (χ1) is 8.60. The van der Waals surface area contributed by atoms with Crippen molar-refractivity contribution >= 4 is 40.1 Å². The summed E-state index contributed by atoms with van der Waals surface area (Å²) >= 11 is 9.43. The van der Waals surface area contributed by atoms with Crippen LogP contribution in [0.2, 0.25) is 5.02 Å². The fourth-order valence-electron chi connectivity index (χ4n) is 1.43. The predicted octanol–water partition coefficient (Wildman–Crippen LogP) is 2.49. The molecule has 0 aliphatic carbocycles. The Morgan fingerprint density at radius 3 is 2.37 bits per heavy atom. The molecule has 3 nitrogen and oxygen atoms in total. The molecule has 0 atom stereocenters. The Morgan fingerprint density at radius 1 is 1.32 bits per heavy atom. The third-order valence-electron chi connectivity index (χ3n) is 3.43. The first kappa shape index (κ1) is 17.0. The Morgan fingerprint density at radius 2 is 1.89 bits per heavy atom. The number of hydrogen-bond donors (Lipinski definition) is 2. The molecule has 19 heavy (non-hydrogen) atoms. The largest absolute Gasteiger partial charge is 0.491 e. The maximum Gasteiger partial charge on any atom is 0.491 e. The van der Waals surface area contributed by atoms with Gasteiger partial charge in [-0.15, -0.1) is 0 Å². The molecule has 0 radical (unpaired) electrons. The van der Waals surface area contributed by atoms with E-state index < -0.39 is 18.3 Å². The van der Waals surface area contributed by atoms with Gasteiger partial charge in [0.05, 0.1) is 11.2 Å². The number of benzene rings is 1. The quantitative estimate of drug-likeness (QED) is 0.634. The van der Waals surface area contributed by atoms with E-state index >= 15 is 0 Å². The lowest BCUT2D eigenvalue weighted by molar-refractivity contribution is -0.0982. The summed E-state index contributed by atoms with van der Waals surface area (Å²) in [5.74, 6) is 0. The molecule has 0 heterocycles. The van der Waals surface area contributed by atoms with Crippen molar-refractivity contribution in [3.8, 4) is 0 Å². The van der Waals surface area contributed by atoms with Gasteiger partial charge in [0.25, 0.3) is 0 Å². The van der Waals surface area contributed by atoms with Gasteiger partial charge in [-0.25, -0.2) is 0 Å². The van der Waals surface area contributed by atoms with Gasteiger partial charge in [0.1, 0.15) is 0 Å². The molecule has 0 aromatic heterocycles. The number of aliphatic hydroxyl groups is 1. The van der Waals surface area contributed by atoms with E-state index in [-0.39, 0.29) is 0 Å². The van der Waals surface area contributed by atoms with Crippen LogP contribution in [0.1, 0.15) is 33.3 Å². The summed E-state index contributed by atoms with van der Waals surface area (Å²) in [6, 6.07) is 5.27. The van der Waals surface area contributed by atoms with Crippen LogP contribution in [0, 0.1) is 0 Å². The van der Waals surface area contributed by atoms with Gasteiger partial charge < -0.3 is 14.8 Å². The zero-order valence-corrected chi connectivity index (χ0v) is 13.9. The van der Waals surface area contributed by atoms with Crippen LogP contribution < -0.4 is 5.46 Å². The Balaban J connectivity index is 3.03. The summed E-state index contributed by atoms with van der Waals surface area (Å²) in [6.07, 6.45) is 0. The van der Waals surface area contributed by atoms with Crippen molar-refractivity contribution in [1.29, 1.82) is 0 Å². The van der Waals surface area contributed by atoms with Gasteiger partial charge in [-0.2, -0.15) is 0 Å². The Kier molecular flexibility index (Phi) is 5.49. The maximum absolute atomic E-state index is 10.2. The molecular weight excluding hydrogens is 330 g/mol. The van der Waals surface area contributed by atoms with Crippen molar-refractivity contribution in [1.82, 2.24) is 0 Å². The van der Waals surface area contributed by atoms with Crippen molar-refractivity contribution in [2.24, 2.45) is 0 Å². The van der Waals surface area contributed by atoms with Crippen LogP contribution in [0.15, 0.2) is 18.2 Å². The first-order valence-corrected chi connectivity index (χ1v) is 7.51. The maximum atomic E-state index is 10.2. The lowest BCUT2D eigenvalue weighted by Gasteiger charge is -2.38. The van der Waals surface area contributed by atoms with E-state index in [1.807, 2.05) is 0 Å². The molecule has 0 fully saturated rings. The average molecular weight is 349 g/mol. The molecule has 1 rings (SSSR count). The smallest absolute Gasteiger partial charge is 0.423 e. The molecule has 0 aliphatic heterocycles. The van der Waals surface area contributed by atoms with Crippen LogP contribution in [0.3, 0.4) is 0 Å². The molecule has 0 aliphatic rings. The summed E-state index contributed by atoms with van der Waals surface area (Å²) in [7, 11) is -1.15. The highest BCUT2D eigenvalue weighted by Crippen LogP contribution is 2.26. The van der Waals surface area contributed by atoms with E-state index in [2.05, 4.69) is 15.9 Å². The highest BCUT2D eigenvalue weighted by atomic mass is 79.9. The SMILES string of the molecule is CC(C)(O)C(C)(C)OB(O)c1cccc(Cl)c1CBr. The zero-order valence-electron chi connectivity index (χ0n) is 11.6. The van der Waals surface area contributed by atoms with Crippen LogP contribution in [-0.2, 0) is 9.98 Å². The van der Waals surface area contributed by atoms with E-state index in [4.69, 9.17) is 16.3 Å². The average Bonchev–Trinajstić information content (AvgIpc) is 2.26. The summed E-state index contributed by atoms with van der Waals surface area (Å²) in [5.41, 5.74) is -0.607. The molecule has 0 saturated heterocycles. The Bertz CT molecular complexity index is 446. The molecular formula is C13H19BBrClO3. The fourth-order valence-corrected chi connectivity index (χ4v) is 2.47. The summed E-state index contributed by atoms with van der Waals surface area (Å²) < 4.78 is 5.61. The second-order valence-corrected chi connectivity index (χ2v) is 6.45. The van der Waals surface area contributed by atoms with Crippen LogP contribution in [0.25, 0.3) is 0 Å². The van der Waals surface area contributed by atoms with Gasteiger partial charge in [0, 0.05) is 10.4 Å². The van der Waals surface area contributed by atoms with Crippen LogP contribution in [0.4, 0.5) is 0 Å². The predicted molar refractivity (Wildman–Crippen MR) is 83.2 cm³/mol. The Labute approximate surface area is 128 Å². The van der Waals surface area contributed by atoms with Crippen molar-refractivity contribution in [3.63, 3.8) is 0 Å². The highest BCUT2D eigenvalue weighted by molar-refractivity contribution is 9.08. The third-order valence-corrected chi connectivity index (χ3v) is 4.35. The molecule has 0 bridgehead atoms. The molecule has 1 aromatic rings. The first-order valence-electron chi connectivity index (χ1n) is 6.01. The van der Waals surface area contributed by atoms with Gasteiger partial charge >= 0.3 is 7.12 Å². The van der Waals surface area contributed by atoms with Crippen LogP contribution in [0.5, 0.6) is 0 Å². The van der Waals surface area contributed by atoms with Crippen molar-refractivity contribution in [3.05, 3.63) is 28.8 Å². The van der Waals surface area contributed by atoms with E-state index in [1.165, 1.54) is 0 Å². The zero-order chi connectivity index (χ0) is 14.8. The van der Waals surface area contributed by atoms with Crippen molar-refractivity contribution in [2.75, 3.05) is 0 Å². The van der Waals surface area contributed by atoms with Gasteiger partial charge in [-0.3, -0.25) is 0 Å². The molecule has 6 heteroatoms. The Hall–Kier alpha value is -0.0651. The molecule has 106 valence electrons. The standard InChI is InChI=1S/C13H19BBrClO3/c1-12(2,17)13(3,4)19-14(18)10-6-5-7-11(16)9(10)8-15/h5-7,17-18H,8H2,1-4H3. The number of alkyl halides is 1. The fraction of sp³-hybridized carbons (Fsp3) is 0.538. The van der Waals surface area contributed by atoms with E-state index in [1.54, 1.807) is 45.9 Å². The number of rotatable bonds is 5. The second-order valence-electron chi connectivity index (χ2n) is 5.48. The van der Waals surface area contributed by atoms with Crippen molar-refractivity contribution < 1.29 is 14.8 Å². The summed E-state index contributed by atoms with van der Waals surface area (Å²) in [5, 5.41) is 21.4. The lowest BCUT2D eigenvalue weighted by atomic mass is 9.74. The van der Waals surface area contributed by atoms with Crippen LogP contribution >= 0.6 is 27.5 Å². The van der Waals surface area contributed by atoms with Gasteiger partial charge in [-0.05, 0) is 44.8 Å². The monoisotopic (exact) mass is 348 g/mol. The van der Waals surface area contributed by atoms with Crippen LogP contribution in [-0.4, -0.2) is 28.5 Å². The minimum absolute atomic E-state index is 0.519. The second kappa shape index (κ2) is 6.14. The molecule has 1 aromatic carbocycles. The van der Waals surface area contributed by atoms with Crippen molar-refractivity contribution in [2.45, 2.75) is 44.2 Å². The lowest BCUT2D eigenvalue weighted by Crippen LogP contribution is -2.53. The van der Waals surface area contributed by atoms with E-state index in [9.17, 15) is 10.1 Å². The van der Waals surface area contributed by atoms with Gasteiger partial charge in [-0.1, -0.05) is 39.7 Å². The van der Waals surface area contributed by atoms with Gasteiger partial charge in [0.2, 0.25) is 0 Å². The topological polar surface area (TPSA) is 49.7 Å². The molecule has 0 unspecified atom stereocenters. The number of hydrogen-bond acceptors (Lipinski definition) is 3. The molecule has 2 N–H and O–H groups in total. The highest BCUT2D eigenvalue weighted by Gasteiger charge is 2.40. The summed E-state index contributed by atoms with van der Waals surface area (Å²) in [4.78, 5) is 0. The van der Waals surface area contributed by atoms with Gasteiger partial charge in [0.15, 0.2) is 0 Å². The minimum atomic E-state index is -1.15. The third kappa shape index (κ3) is 3.95. The van der Waals surface area contributed by atoms with E-state index in [0.717, 1.165) is 5.56 Å². The summed E-state index contributed by atoms with van der Waals surface area (Å²) in [6.45, 7) is 6.75.